The van der Waals surface area contributed by atoms with E-state index in [9.17, 15) is 19.2 Å². The van der Waals surface area contributed by atoms with Crippen molar-refractivity contribution < 1.29 is 28.7 Å². The highest BCUT2D eigenvalue weighted by molar-refractivity contribution is 5.88. The Morgan fingerprint density at radius 3 is 1.59 bits per heavy atom. The van der Waals surface area contributed by atoms with Crippen molar-refractivity contribution >= 4 is 24.0 Å². The van der Waals surface area contributed by atoms with Gasteiger partial charge < -0.3 is 39.9 Å². The van der Waals surface area contributed by atoms with E-state index in [1.807, 2.05) is 51.1 Å². The van der Waals surface area contributed by atoms with E-state index in [-0.39, 0.29) is 35.7 Å². The lowest BCUT2D eigenvalue weighted by Crippen LogP contribution is -2.51. The predicted molar refractivity (Wildman–Crippen MR) is 250 cm³/mol. The van der Waals surface area contributed by atoms with Gasteiger partial charge in [0.1, 0.15) is 23.7 Å². The number of ether oxygens (including phenoxy) is 2. The summed E-state index contributed by atoms with van der Waals surface area (Å²) in [5.41, 5.74) is 11.4. The second-order valence-corrected chi connectivity index (χ2v) is 18.6. The number of aromatic nitrogens is 4. The fourth-order valence-corrected chi connectivity index (χ4v) is 10.5. The van der Waals surface area contributed by atoms with Crippen molar-refractivity contribution in [3.05, 3.63) is 108 Å². The van der Waals surface area contributed by atoms with Gasteiger partial charge in [-0.25, -0.2) is 19.6 Å². The maximum atomic E-state index is 13.7. The number of amides is 4. The molecule has 3 aromatic carbocycles. The first-order valence-electron chi connectivity index (χ1n) is 23.0. The molecular formula is C51H59N9O6. The fraction of sp³-hybridized carbons (Fsp3) is 0.412. The summed E-state index contributed by atoms with van der Waals surface area (Å²) >= 11 is 0. The molecule has 4 amide bonds. The van der Waals surface area contributed by atoms with Crippen LogP contribution in [0, 0.1) is 11.8 Å². The summed E-state index contributed by atoms with van der Waals surface area (Å²) in [6, 6.07) is 20.6. The average molecular weight is 894 g/mol. The topological polar surface area (TPSA) is 178 Å². The first-order chi connectivity index (χ1) is 31.9. The molecule has 2 aromatic heterocycles. The van der Waals surface area contributed by atoms with E-state index >= 15 is 0 Å². The van der Waals surface area contributed by atoms with Crippen LogP contribution in [0.2, 0.25) is 0 Å². The van der Waals surface area contributed by atoms with E-state index in [2.05, 4.69) is 93.2 Å². The third-order valence-electron chi connectivity index (χ3n) is 14.0. The number of carbonyl (C=O) groups excluding carboxylic acids is 4. The second-order valence-electron chi connectivity index (χ2n) is 18.6. The molecule has 0 saturated carbocycles. The Bertz CT molecular complexity index is 2530. The van der Waals surface area contributed by atoms with Gasteiger partial charge in [0.25, 0.3) is 0 Å². The van der Waals surface area contributed by atoms with Gasteiger partial charge in [0.2, 0.25) is 11.8 Å². The average Bonchev–Trinajstić information content (AvgIpc) is 4.20. The van der Waals surface area contributed by atoms with Crippen molar-refractivity contribution in [1.82, 2.24) is 45.3 Å². The third kappa shape index (κ3) is 8.14. The minimum atomic E-state index is -0.739. The zero-order valence-corrected chi connectivity index (χ0v) is 38.6. The van der Waals surface area contributed by atoms with Gasteiger partial charge >= 0.3 is 12.2 Å². The number of benzene rings is 3. The van der Waals surface area contributed by atoms with E-state index in [1.54, 1.807) is 11.1 Å². The quantitative estimate of drug-likeness (QED) is 0.0953. The minimum absolute atomic E-state index is 0.106. The number of nitrogens with one attached hydrogen (secondary N) is 4. The van der Waals surface area contributed by atoms with Crippen LogP contribution in [-0.4, -0.2) is 98.5 Å². The van der Waals surface area contributed by atoms with Crippen LogP contribution >= 0.6 is 0 Å². The van der Waals surface area contributed by atoms with E-state index in [1.165, 1.54) is 36.5 Å². The Balaban J connectivity index is 0.923. The number of hydrogen-bond acceptors (Lipinski definition) is 9. The van der Waals surface area contributed by atoms with Crippen molar-refractivity contribution in [1.29, 1.82) is 0 Å². The Morgan fingerprint density at radius 1 is 0.636 bits per heavy atom. The van der Waals surface area contributed by atoms with Crippen LogP contribution in [-0.2, 0) is 19.1 Å². The van der Waals surface area contributed by atoms with E-state index in [0.29, 0.717) is 30.9 Å². The molecule has 2 unspecified atom stereocenters. The summed E-state index contributed by atoms with van der Waals surface area (Å²) in [6.45, 7) is 8.21. The normalized spacial score (nSPS) is 20.8. The number of H-pyrrole nitrogens is 2. The van der Waals surface area contributed by atoms with Crippen LogP contribution in [0.25, 0.3) is 44.8 Å². The lowest BCUT2D eigenvalue weighted by Gasteiger charge is -2.30. The highest BCUT2D eigenvalue weighted by Gasteiger charge is 2.45. The Morgan fingerprint density at radius 2 is 1.11 bits per heavy atom. The molecule has 9 rings (SSSR count). The van der Waals surface area contributed by atoms with Gasteiger partial charge in [-0.2, -0.15) is 0 Å². The fourth-order valence-electron chi connectivity index (χ4n) is 10.5. The zero-order chi connectivity index (χ0) is 46.4. The van der Waals surface area contributed by atoms with Crippen LogP contribution in [0.5, 0.6) is 0 Å². The van der Waals surface area contributed by atoms with Crippen molar-refractivity contribution in [2.75, 3.05) is 27.8 Å². The number of hydrogen-bond donors (Lipinski definition) is 4. The number of imidazole rings is 2. The highest BCUT2D eigenvalue weighted by Crippen LogP contribution is 2.57. The number of likely N-dealkylation sites (tertiary alicyclic amines) is 1. The third-order valence-corrected chi connectivity index (χ3v) is 14.0. The molecule has 4 N–H and O–H groups in total. The number of alkyl carbamates (subject to hydrolysis) is 2. The van der Waals surface area contributed by atoms with Crippen molar-refractivity contribution in [3.63, 3.8) is 0 Å². The maximum Gasteiger partial charge on any atom is 0.407 e. The van der Waals surface area contributed by atoms with Gasteiger partial charge in [-0.3, -0.25) is 14.5 Å². The molecule has 15 heteroatoms. The Kier molecular flexibility index (Phi) is 12.3. The molecule has 2 fully saturated rings. The largest absolute Gasteiger partial charge is 0.453 e. The van der Waals surface area contributed by atoms with Crippen molar-refractivity contribution in [2.24, 2.45) is 11.8 Å². The second kappa shape index (κ2) is 18.3. The number of nitrogens with zero attached hydrogens (tertiary/aromatic N) is 5. The van der Waals surface area contributed by atoms with Crippen LogP contribution in [0.4, 0.5) is 9.59 Å². The number of rotatable bonds is 12. The zero-order valence-electron chi connectivity index (χ0n) is 38.6. The Labute approximate surface area is 385 Å². The number of fused-ring (bicyclic) bond motifs is 5. The SMILES string of the molecule is COC(=O)N[C@H](C(=O)N1C=CC[C@H]1c1ncc(-c2ccc(-c3ccc(-c4ccc(-c5cnc([C@@H]6CCCN6C(=O)[C@@H](NC(=O)OC)C(C)C)[nH]5)cc4)c4c3C3CCC4N3C)cc2)[nH]1)C(C)C. The van der Waals surface area contributed by atoms with Gasteiger partial charge in [-0.05, 0) is 95.5 Å². The molecule has 0 aliphatic carbocycles. The number of methoxy groups -OCH3 is 2. The Hall–Kier alpha value is -6.74. The predicted octanol–water partition coefficient (Wildman–Crippen LogP) is 8.83. The first-order valence-corrected chi connectivity index (χ1v) is 23.0. The van der Waals surface area contributed by atoms with Gasteiger partial charge in [0.15, 0.2) is 0 Å². The molecule has 6 heterocycles. The monoisotopic (exact) mass is 893 g/mol. The molecule has 4 aliphatic rings. The van der Waals surface area contributed by atoms with Crippen LogP contribution in [0.1, 0.15) is 107 Å². The smallest absolute Gasteiger partial charge is 0.407 e. The van der Waals surface area contributed by atoms with E-state index in [0.717, 1.165) is 65.1 Å². The number of aromatic amines is 2. The van der Waals surface area contributed by atoms with Crippen LogP contribution < -0.4 is 10.6 Å². The summed E-state index contributed by atoms with van der Waals surface area (Å²) < 4.78 is 9.58. The lowest BCUT2D eigenvalue weighted by atomic mass is 9.81. The van der Waals surface area contributed by atoms with E-state index < -0.39 is 24.3 Å². The highest BCUT2D eigenvalue weighted by atomic mass is 16.5. The molecule has 4 aliphatic heterocycles. The molecule has 2 bridgehead atoms. The molecule has 0 radical (unpaired) electrons. The van der Waals surface area contributed by atoms with Gasteiger partial charge in [0, 0.05) is 24.8 Å². The molecule has 0 spiro atoms. The van der Waals surface area contributed by atoms with E-state index in [4.69, 9.17) is 19.4 Å². The summed E-state index contributed by atoms with van der Waals surface area (Å²) in [6.07, 6.45) is 10.6. The summed E-state index contributed by atoms with van der Waals surface area (Å²) in [7, 11) is 4.84. The van der Waals surface area contributed by atoms with Crippen LogP contribution in [0.3, 0.4) is 0 Å². The molecule has 2 saturated heterocycles. The standard InChI is InChI=1S/C51H59N9O6/c1-28(2)44(56-50(63)65-6)48(61)59-24-8-10-40(59)46-52-26-36(54-46)32-16-12-30(13-17-32)34-20-21-35(43-39-23-22-38(42(34)43)58(39)5)31-14-18-33(19-15-31)37-27-53-47(55-37)41-11-9-25-60(41)49(62)45(29(3)4)57-51(64)66-7/h8,12-21,24,26-29,38-41,44-45H,9-11,22-23,25H2,1-7H3,(H,52,54)(H,53,55)(H,56,63)(H,57,64)/t38?,39?,40-,41-,44-,45-/m0/s1. The molecular weight excluding hydrogens is 835 g/mol. The van der Waals surface area contributed by atoms with Crippen molar-refractivity contribution in [2.45, 2.75) is 96.1 Å². The molecule has 5 aromatic rings. The van der Waals surface area contributed by atoms with Gasteiger partial charge in [-0.15, -0.1) is 0 Å². The van der Waals surface area contributed by atoms with Crippen molar-refractivity contribution in [3.8, 4) is 44.8 Å². The summed E-state index contributed by atoms with van der Waals surface area (Å²) in [4.78, 5) is 73.9. The first kappa shape index (κ1) is 44.5. The molecule has 6 atom stereocenters. The minimum Gasteiger partial charge on any atom is -0.453 e. The summed E-state index contributed by atoms with van der Waals surface area (Å²) in [5, 5.41) is 5.41. The molecule has 344 valence electrons. The summed E-state index contributed by atoms with van der Waals surface area (Å²) in [5.74, 6) is 0.828. The van der Waals surface area contributed by atoms with Gasteiger partial charge in [0.05, 0.1) is 50.1 Å². The lowest BCUT2D eigenvalue weighted by molar-refractivity contribution is -0.135. The van der Waals surface area contributed by atoms with Crippen LogP contribution in [0.15, 0.2) is 85.3 Å². The maximum absolute atomic E-state index is 13.7. The number of carbonyl (C=O) groups is 4. The van der Waals surface area contributed by atoms with Gasteiger partial charge in [-0.1, -0.05) is 94.4 Å². The molecule has 66 heavy (non-hydrogen) atoms. The molecule has 15 nitrogen and oxygen atoms in total.